The second-order valence-electron chi connectivity index (χ2n) is 8.25. The fourth-order valence-electron chi connectivity index (χ4n) is 3.99. The quantitative estimate of drug-likeness (QED) is 0.330. The van der Waals surface area contributed by atoms with Crippen molar-refractivity contribution in [2.75, 3.05) is 24.4 Å². The number of rotatable bonds is 8. The molecule has 2 amide bonds. The number of ether oxygens (including phenoxy) is 2. The van der Waals surface area contributed by atoms with Crippen LogP contribution in [-0.4, -0.2) is 48.1 Å². The lowest BCUT2D eigenvalue weighted by Crippen LogP contribution is -2.37. The number of esters is 1. The number of hydrogen-bond donors (Lipinski definition) is 1. The first-order valence-electron chi connectivity index (χ1n) is 11.3. The summed E-state index contributed by atoms with van der Waals surface area (Å²) in [5.74, 6) is -0.464. The molecule has 37 heavy (non-hydrogen) atoms. The molecule has 1 fully saturated rings. The molecule has 1 unspecified atom stereocenters. The van der Waals surface area contributed by atoms with Crippen molar-refractivity contribution >= 4 is 58.1 Å². The van der Waals surface area contributed by atoms with Gasteiger partial charge in [-0.05, 0) is 72.4 Å². The van der Waals surface area contributed by atoms with Gasteiger partial charge in [0.15, 0.2) is 5.11 Å². The summed E-state index contributed by atoms with van der Waals surface area (Å²) in [4.78, 5) is 41.4. The second-order valence-corrected chi connectivity index (χ2v) is 9.05. The van der Waals surface area contributed by atoms with E-state index in [1.54, 1.807) is 60.5 Å². The second kappa shape index (κ2) is 11.4. The molecule has 3 aromatic carbocycles. The number of nitrogens with zero attached hydrogens (tertiary/aromatic N) is 2. The van der Waals surface area contributed by atoms with E-state index in [1.165, 1.54) is 12.0 Å². The van der Waals surface area contributed by atoms with Crippen LogP contribution in [0.2, 0.25) is 5.02 Å². The van der Waals surface area contributed by atoms with Crippen LogP contribution in [0.15, 0.2) is 72.8 Å². The average molecular weight is 538 g/mol. The predicted octanol–water partition coefficient (Wildman–Crippen LogP) is 4.67. The molecule has 1 aliphatic rings. The number of thiocarbonyl (C=S) groups is 1. The lowest BCUT2D eigenvalue weighted by molar-refractivity contribution is -0.124. The molecule has 0 bridgehead atoms. The molecule has 1 saturated heterocycles. The Labute approximate surface area is 224 Å². The maximum atomic E-state index is 13.6. The molecule has 0 aromatic heterocycles. The molecule has 0 spiro atoms. The summed E-state index contributed by atoms with van der Waals surface area (Å²) >= 11 is 11.9. The summed E-state index contributed by atoms with van der Waals surface area (Å²) in [7, 11) is 2.88. The number of hydrogen-bond acceptors (Lipinski definition) is 6. The molecule has 1 aliphatic heterocycles. The van der Waals surface area contributed by atoms with Gasteiger partial charge in [-0.2, -0.15) is 0 Å². The van der Waals surface area contributed by atoms with Crippen LogP contribution >= 0.6 is 23.8 Å². The summed E-state index contributed by atoms with van der Waals surface area (Å²) in [5.41, 5.74) is 2.27. The first-order valence-corrected chi connectivity index (χ1v) is 12.1. The maximum absolute atomic E-state index is 13.6. The molecule has 0 aliphatic carbocycles. The fraction of sp³-hybridized carbons (Fsp3) is 0.185. The van der Waals surface area contributed by atoms with Gasteiger partial charge >= 0.3 is 5.97 Å². The van der Waals surface area contributed by atoms with E-state index >= 15 is 0 Å². The Morgan fingerprint density at radius 1 is 1.03 bits per heavy atom. The van der Waals surface area contributed by atoms with Gasteiger partial charge < -0.3 is 19.7 Å². The smallest absolute Gasteiger partial charge is 0.337 e. The highest BCUT2D eigenvalue weighted by molar-refractivity contribution is 7.80. The van der Waals surface area contributed by atoms with Crippen molar-refractivity contribution in [2.24, 2.45) is 0 Å². The van der Waals surface area contributed by atoms with Crippen LogP contribution in [0.5, 0.6) is 5.75 Å². The van der Waals surface area contributed by atoms with E-state index < -0.39 is 12.0 Å². The molecule has 190 valence electrons. The number of amides is 2. The summed E-state index contributed by atoms with van der Waals surface area (Å²) in [6.07, 6.45) is -0.134. The van der Waals surface area contributed by atoms with Crippen molar-refractivity contribution in [3.05, 3.63) is 88.9 Å². The van der Waals surface area contributed by atoms with Crippen molar-refractivity contribution < 1.29 is 23.9 Å². The Morgan fingerprint density at radius 2 is 1.73 bits per heavy atom. The van der Waals surface area contributed by atoms with Crippen LogP contribution < -0.4 is 15.0 Å². The van der Waals surface area contributed by atoms with E-state index in [0.717, 1.165) is 5.56 Å². The number of methoxy groups -OCH3 is 2. The summed E-state index contributed by atoms with van der Waals surface area (Å²) in [6, 6.07) is 19.7. The van der Waals surface area contributed by atoms with Crippen molar-refractivity contribution in [3.8, 4) is 5.75 Å². The highest BCUT2D eigenvalue weighted by atomic mass is 35.5. The molecule has 0 radical (unpaired) electrons. The van der Waals surface area contributed by atoms with Crippen molar-refractivity contribution in [3.63, 3.8) is 0 Å². The Balaban J connectivity index is 1.56. The van der Waals surface area contributed by atoms with E-state index in [4.69, 9.17) is 33.3 Å². The van der Waals surface area contributed by atoms with Gasteiger partial charge in [0.2, 0.25) is 5.91 Å². The third-order valence-corrected chi connectivity index (χ3v) is 6.52. The molecule has 10 heteroatoms. The number of halogens is 1. The first kappa shape index (κ1) is 26.1. The zero-order valence-corrected chi connectivity index (χ0v) is 21.7. The topological polar surface area (TPSA) is 88.2 Å². The largest absolute Gasteiger partial charge is 0.497 e. The van der Waals surface area contributed by atoms with Crippen LogP contribution in [0.4, 0.5) is 11.4 Å². The predicted molar refractivity (Wildman–Crippen MR) is 145 cm³/mol. The van der Waals surface area contributed by atoms with Gasteiger partial charge in [-0.3, -0.25) is 14.5 Å². The van der Waals surface area contributed by atoms with E-state index in [9.17, 15) is 14.4 Å². The van der Waals surface area contributed by atoms with Gasteiger partial charge in [-0.25, -0.2) is 4.79 Å². The van der Waals surface area contributed by atoms with Crippen molar-refractivity contribution in [2.45, 2.75) is 19.0 Å². The summed E-state index contributed by atoms with van der Waals surface area (Å²) < 4.78 is 9.92. The zero-order chi connectivity index (χ0) is 26.5. The minimum absolute atomic E-state index is 0.134. The first-order chi connectivity index (χ1) is 17.8. The third kappa shape index (κ3) is 5.90. The lowest BCUT2D eigenvalue weighted by Gasteiger charge is -2.24. The number of anilines is 2. The number of carbonyl (C=O) groups excluding carboxylic acids is 3. The Bertz CT molecular complexity index is 1330. The van der Waals surface area contributed by atoms with Crippen LogP contribution in [0.3, 0.4) is 0 Å². The van der Waals surface area contributed by atoms with Gasteiger partial charge in [0.1, 0.15) is 11.8 Å². The van der Waals surface area contributed by atoms with Crippen LogP contribution in [0, 0.1) is 0 Å². The van der Waals surface area contributed by atoms with E-state index in [2.05, 4.69) is 5.32 Å². The van der Waals surface area contributed by atoms with Crippen molar-refractivity contribution in [1.29, 1.82) is 0 Å². The Morgan fingerprint density at radius 3 is 2.35 bits per heavy atom. The zero-order valence-electron chi connectivity index (χ0n) is 20.1. The average Bonchev–Trinajstić information content (AvgIpc) is 3.12. The maximum Gasteiger partial charge on any atom is 0.337 e. The van der Waals surface area contributed by atoms with Crippen LogP contribution in [0.25, 0.3) is 0 Å². The highest BCUT2D eigenvalue weighted by Crippen LogP contribution is 2.30. The van der Waals surface area contributed by atoms with Gasteiger partial charge in [-0.1, -0.05) is 29.8 Å². The molecule has 1 N–H and O–H groups in total. The normalized spacial score (nSPS) is 15.1. The Kier molecular flexibility index (Phi) is 8.05. The van der Waals surface area contributed by atoms with E-state index in [1.807, 2.05) is 24.3 Å². The molecule has 3 aromatic rings. The SMILES string of the molecule is COC(=O)c1ccc(NC(=O)CC2C(=O)N(c3cccc(Cl)c3)C(=S)N2Cc2ccc(OC)cc2)cc1. The number of carbonyl (C=O) groups is 3. The third-order valence-electron chi connectivity index (χ3n) is 5.87. The standard InChI is InChI=1S/C27H24ClN3O5S/c1-35-22-12-6-17(7-13-22)16-30-23(25(33)31(27(30)37)21-5-3-4-19(28)14-21)15-24(32)29-20-10-8-18(9-11-20)26(34)36-2/h3-14,23H,15-16H2,1-2H3,(H,29,32). The monoisotopic (exact) mass is 537 g/mol. The van der Waals surface area contributed by atoms with Crippen molar-refractivity contribution in [1.82, 2.24) is 4.90 Å². The lowest BCUT2D eigenvalue weighted by atomic mass is 10.1. The van der Waals surface area contributed by atoms with Gasteiger partial charge in [0, 0.05) is 17.3 Å². The molecular weight excluding hydrogens is 514 g/mol. The molecule has 0 saturated carbocycles. The molecule has 1 heterocycles. The minimum atomic E-state index is -0.831. The molecule has 1 atom stereocenters. The number of benzene rings is 3. The Hall–Kier alpha value is -3.95. The minimum Gasteiger partial charge on any atom is -0.497 e. The van der Waals surface area contributed by atoms with E-state index in [-0.39, 0.29) is 23.3 Å². The highest BCUT2D eigenvalue weighted by Gasteiger charge is 2.44. The van der Waals surface area contributed by atoms with E-state index in [0.29, 0.717) is 34.3 Å². The molecule has 4 rings (SSSR count). The number of nitrogens with one attached hydrogen (secondary N) is 1. The van der Waals surface area contributed by atoms with Gasteiger partial charge in [0.25, 0.3) is 5.91 Å². The van der Waals surface area contributed by atoms with Crippen LogP contribution in [-0.2, 0) is 20.9 Å². The fourth-order valence-corrected chi connectivity index (χ4v) is 4.56. The van der Waals surface area contributed by atoms with Crippen LogP contribution in [0.1, 0.15) is 22.3 Å². The molecule has 8 nitrogen and oxygen atoms in total. The van der Waals surface area contributed by atoms with Gasteiger partial charge in [-0.15, -0.1) is 0 Å². The summed E-state index contributed by atoms with van der Waals surface area (Å²) in [5, 5.41) is 3.53. The summed E-state index contributed by atoms with van der Waals surface area (Å²) in [6.45, 7) is 0.317. The van der Waals surface area contributed by atoms with Gasteiger partial charge in [0.05, 0.1) is 31.9 Å². The molecular formula is C27H24ClN3O5S.